The zero-order chi connectivity index (χ0) is 20.3. The average Bonchev–Trinajstić information content (AvgIpc) is 2.99. The minimum atomic E-state index is -0.897. The Balaban J connectivity index is 1.99. The third-order valence-electron chi connectivity index (χ3n) is 3.84. The predicted octanol–water partition coefficient (Wildman–Crippen LogP) is 3.41. The van der Waals surface area contributed by atoms with Crippen molar-refractivity contribution in [2.75, 3.05) is 17.3 Å². The third-order valence-corrected chi connectivity index (χ3v) is 4.31. The summed E-state index contributed by atoms with van der Waals surface area (Å²) in [5.41, 5.74) is 3.57. The van der Waals surface area contributed by atoms with E-state index in [0.29, 0.717) is 33.2 Å². The zero-order valence-electron chi connectivity index (χ0n) is 14.8. The number of nitrogens with zero attached hydrogens (tertiary/aromatic N) is 1. The van der Waals surface area contributed by atoms with Crippen LogP contribution in [0.4, 0.5) is 5.69 Å². The number of halogens is 2. The van der Waals surface area contributed by atoms with Crippen molar-refractivity contribution >= 4 is 57.5 Å². The summed E-state index contributed by atoms with van der Waals surface area (Å²) in [6.45, 7) is 2.00. The predicted molar refractivity (Wildman–Crippen MR) is 109 cm³/mol. The molecule has 3 amide bonds. The van der Waals surface area contributed by atoms with Crippen molar-refractivity contribution in [3.8, 4) is 0 Å². The molecule has 1 aromatic heterocycles. The zero-order valence-corrected chi connectivity index (χ0v) is 16.3. The lowest BCUT2D eigenvalue weighted by atomic mass is 10.2. The number of anilines is 1. The Hall–Kier alpha value is -3.03. The van der Waals surface area contributed by atoms with Gasteiger partial charge in [0, 0.05) is 27.7 Å². The van der Waals surface area contributed by atoms with Gasteiger partial charge >= 0.3 is 11.8 Å². The molecule has 0 atom stereocenters. The maximum Gasteiger partial charge on any atom is 0.328 e. The van der Waals surface area contributed by atoms with Crippen LogP contribution in [0.15, 0.2) is 48.5 Å². The van der Waals surface area contributed by atoms with Gasteiger partial charge in [0.15, 0.2) is 0 Å². The molecule has 0 aliphatic heterocycles. The highest BCUT2D eigenvalue weighted by Gasteiger charge is 2.20. The van der Waals surface area contributed by atoms with Gasteiger partial charge in [-0.25, -0.2) is 4.68 Å². The van der Waals surface area contributed by atoms with Gasteiger partial charge in [-0.15, -0.1) is 0 Å². The van der Waals surface area contributed by atoms with Gasteiger partial charge in [0.05, 0.1) is 5.52 Å². The minimum absolute atomic E-state index is 0.120. The number of carbonyl (C=O) groups excluding carboxylic acids is 3. The number of aromatic nitrogens is 1. The van der Waals surface area contributed by atoms with Crippen molar-refractivity contribution in [1.29, 1.82) is 0 Å². The van der Waals surface area contributed by atoms with Crippen molar-refractivity contribution in [1.82, 2.24) is 9.99 Å². The van der Waals surface area contributed by atoms with E-state index < -0.39 is 17.7 Å². The molecule has 0 radical (unpaired) electrons. The molecule has 28 heavy (non-hydrogen) atoms. The van der Waals surface area contributed by atoms with Crippen molar-refractivity contribution in [3.05, 3.63) is 64.3 Å². The molecule has 9 heteroatoms. The van der Waals surface area contributed by atoms with Crippen LogP contribution >= 0.6 is 23.2 Å². The second-order valence-electron chi connectivity index (χ2n) is 5.83. The fraction of sp³-hybridized carbons (Fsp3) is 0.105. The molecule has 0 saturated carbocycles. The maximum absolute atomic E-state index is 12.8. The van der Waals surface area contributed by atoms with Crippen molar-refractivity contribution in [2.45, 2.75) is 6.92 Å². The van der Waals surface area contributed by atoms with Crippen LogP contribution in [0.5, 0.6) is 0 Å². The van der Waals surface area contributed by atoms with Crippen LogP contribution < -0.4 is 16.1 Å². The van der Waals surface area contributed by atoms with E-state index in [1.165, 1.54) is 4.68 Å². The van der Waals surface area contributed by atoms with E-state index in [-0.39, 0.29) is 5.69 Å². The summed E-state index contributed by atoms with van der Waals surface area (Å²) >= 11 is 12.0. The van der Waals surface area contributed by atoms with Crippen molar-refractivity contribution in [2.24, 2.45) is 0 Å². The number of hydrogen-bond acceptors (Lipinski definition) is 3. The molecule has 3 N–H and O–H groups in total. The Bertz CT molecular complexity index is 1080. The van der Waals surface area contributed by atoms with Crippen LogP contribution in [0.2, 0.25) is 10.0 Å². The van der Waals surface area contributed by atoms with Crippen LogP contribution in [0.1, 0.15) is 17.4 Å². The lowest BCUT2D eigenvalue weighted by molar-refractivity contribution is -0.136. The molecule has 0 aliphatic rings. The highest BCUT2D eigenvalue weighted by atomic mass is 35.5. The molecule has 3 aromatic rings. The molecule has 0 aliphatic carbocycles. The maximum atomic E-state index is 12.8. The van der Waals surface area contributed by atoms with E-state index in [4.69, 9.17) is 23.2 Å². The van der Waals surface area contributed by atoms with Gasteiger partial charge in [-0.05, 0) is 49.4 Å². The summed E-state index contributed by atoms with van der Waals surface area (Å²) in [6.07, 6.45) is 0. The number of hydrogen-bond donors (Lipinski definition) is 3. The topological polar surface area (TPSA) is 92.2 Å². The molecule has 1 heterocycles. The molecule has 144 valence electrons. The van der Waals surface area contributed by atoms with Gasteiger partial charge in [-0.3, -0.25) is 19.8 Å². The summed E-state index contributed by atoms with van der Waals surface area (Å²) < 4.78 is 1.25. The number of nitrogens with one attached hydrogen (secondary N) is 3. The van der Waals surface area contributed by atoms with Crippen LogP contribution in [0.25, 0.3) is 10.9 Å². The highest BCUT2D eigenvalue weighted by molar-refractivity contribution is 6.38. The van der Waals surface area contributed by atoms with Crippen LogP contribution in [-0.4, -0.2) is 28.9 Å². The monoisotopic (exact) mass is 418 g/mol. The first-order valence-corrected chi connectivity index (χ1v) is 9.11. The van der Waals surface area contributed by atoms with Crippen LogP contribution in [-0.2, 0) is 9.59 Å². The molecule has 0 saturated heterocycles. The van der Waals surface area contributed by atoms with Gasteiger partial charge in [-0.2, -0.15) is 0 Å². The van der Waals surface area contributed by atoms with Gasteiger partial charge in [-0.1, -0.05) is 29.3 Å². The Morgan fingerprint density at radius 3 is 2.43 bits per heavy atom. The first kappa shape index (κ1) is 19.7. The molecular formula is C19H16Cl2N4O3. The van der Waals surface area contributed by atoms with Gasteiger partial charge in [0.25, 0.3) is 5.91 Å². The number of amides is 3. The van der Waals surface area contributed by atoms with Gasteiger partial charge in [0.1, 0.15) is 5.69 Å². The molecule has 3 rings (SSSR count). The molecule has 0 unspecified atom stereocenters. The van der Waals surface area contributed by atoms with Crippen molar-refractivity contribution in [3.63, 3.8) is 0 Å². The molecule has 0 fully saturated rings. The quantitative estimate of drug-likeness (QED) is 0.566. The minimum Gasteiger partial charge on any atom is -0.348 e. The third kappa shape index (κ3) is 4.27. The van der Waals surface area contributed by atoms with Gasteiger partial charge < -0.3 is 10.6 Å². The van der Waals surface area contributed by atoms with E-state index in [2.05, 4.69) is 16.1 Å². The first-order chi connectivity index (χ1) is 13.4. The summed E-state index contributed by atoms with van der Waals surface area (Å²) in [7, 11) is 0. The molecular weight excluding hydrogens is 403 g/mol. The standard InChI is InChI=1S/C19H16Cl2N4O3/c1-2-22-18(27)19(28)24-25-15-7-6-13(21)8-11(15)9-16(25)17(26)23-14-5-3-4-12(20)10-14/h3-10H,2H2,1H3,(H,22,27)(H,23,26)(H,24,28). The second-order valence-corrected chi connectivity index (χ2v) is 6.71. The SMILES string of the molecule is CCNC(=O)C(=O)Nn1c(C(=O)Nc2cccc(Cl)c2)cc2cc(Cl)ccc21. The molecule has 7 nitrogen and oxygen atoms in total. The smallest absolute Gasteiger partial charge is 0.328 e. The Morgan fingerprint density at radius 1 is 0.964 bits per heavy atom. The number of rotatable bonds is 4. The molecule has 0 bridgehead atoms. The summed E-state index contributed by atoms with van der Waals surface area (Å²) in [4.78, 5) is 36.8. The van der Waals surface area contributed by atoms with Crippen LogP contribution in [0, 0.1) is 0 Å². The van der Waals surface area contributed by atoms with E-state index >= 15 is 0 Å². The normalized spacial score (nSPS) is 10.5. The molecule has 0 spiro atoms. The van der Waals surface area contributed by atoms with Crippen molar-refractivity contribution < 1.29 is 14.4 Å². The Labute approximate surface area is 170 Å². The van der Waals surface area contributed by atoms with E-state index in [9.17, 15) is 14.4 Å². The Kier molecular flexibility index (Phi) is 5.87. The number of benzene rings is 2. The summed E-state index contributed by atoms with van der Waals surface area (Å²) in [5.74, 6) is -2.20. The summed E-state index contributed by atoms with van der Waals surface area (Å²) in [5, 5.41) is 6.69. The second kappa shape index (κ2) is 8.33. The highest BCUT2D eigenvalue weighted by Crippen LogP contribution is 2.24. The van der Waals surface area contributed by atoms with Crippen LogP contribution in [0.3, 0.4) is 0 Å². The fourth-order valence-corrected chi connectivity index (χ4v) is 3.00. The van der Waals surface area contributed by atoms with Gasteiger partial charge in [0.2, 0.25) is 0 Å². The summed E-state index contributed by atoms with van der Waals surface area (Å²) in [6, 6.07) is 13.1. The number of carbonyl (C=O) groups is 3. The molecule has 2 aromatic carbocycles. The number of fused-ring (bicyclic) bond motifs is 1. The lowest BCUT2D eigenvalue weighted by Gasteiger charge is -2.12. The average molecular weight is 419 g/mol. The fourth-order valence-electron chi connectivity index (χ4n) is 2.63. The largest absolute Gasteiger partial charge is 0.348 e. The first-order valence-electron chi connectivity index (χ1n) is 8.36. The number of likely N-dealkylation sites (N-methyl/N-ethyl adjacent to an activating group) is 1. The lowest BCUT2D eigenvalue weighted by Crippen LogP contribution is -2.39. The van der Waals surface area contributed by atoms with E-state index in [1.807, 2.05) is 0 Å². The Morgan fingerprint density at radius 2 is 1.71 bits per heavy atom. The van der Waals surface area contributed by atoms with E-state index in [0.717, 1.165) is 0 Å². The van der Waals surface area contributed by atoms with E-state index in [1.54, 1.807) is 55.5 Å².